The van der Waals surface area contributed by atoms with Crippen molar-refractivity contribution in [3.8, 4) is 0 Å². The van der Waals surface area contributed by atoms with Gasteiger partial charge in [0.15, 0.2) is 0 Å². The standard InChI is InChI=1S/C17H20FN/c1-13(12-15-8-4-3-5-9-15)19-14(2)16-10-6-7-11-17(16)18/h3-11,13-14,19H,12H2,1-2H3. The maximum absolute atomic E-state index is 13.7. The number of hydrogen-bond acceptors (Lipinski definition) is 1. The maximum atomic E-state index is 13.7. The zero-order valence-electron chi connectivity index (χ0n) is 11.4. The van der Waals surface area contributed by atoms with Gasteiger partial charge in [0.25, 0.3) is 0 Å². The number of rotatable bonds is 5. The van der Waals surface area contributed by atoms with Gasteiger partial charge in [0.1, 0.15) is 5.82 Å². The van der Waals surface area contributed by atoms with Crippen LogP contribution in [0.4, 0.5) is 4.39 Å². The summed E-state index contributed by atoms with van der Waals surface area (Å²) in [5, 5.41) is 3.45. The molecule has 19 heavy (non-hydrogen) atoms. The zero-order chi connectivity index (χ0) is 13.7. The van der Waals surface area contributed by atoms with Gasteiger partial charge in [-0.1, -0.05) is 48.5 Å². The van der Waals surface area contributed by atoms with E-state index in [0.29, 0.717) is 6.04 Å². The van der Waals surface area contributed by atoms with Gasteiger partial charge in [-0.15, -0.1) is 0 Å². The molecule has 0 aliphatic rings. The van der Waals surface area contributed by atoms with Crippen LogP contribution < -0.4 is 5.32 Å². The van der Waals surface area contributed by atoms with Crippen LogP contribution in [0.25, 0.3) is 0 Å². The first-order valence-corrected chi connectivity index (χ1v) is 6.71. The SMILES string of the molecule is CC(Cc1ccccc1)NC(C)c1ccccc1F. The first kappa shape index (κ1) is 13.8. The van der Waals surface area contributed by atoms with E-state index in [1.165, 1.54) is 11.6 Å². The van der Waals surface area contributed by atoms with Gasteiger partial charge in [-0.25, -0.2) is 4.39 Å². The van der Waals surface area contributed by atoms with Gasteiger partial charge in [0, 0.05) is 17.6 Å². The molecule has 2 heteroatoms. The maximum Gasteiger partial charge on any atom is 0.127 e. The molecule has 1 nitrogen and oxygen atoms in total. The lowest BCUT2D eigenvalue weighted by Crippen LogP contribution is -2.31. The van der Waals surface area contributed by atoms with Crippen molar-refractivity contribution in [3.63, 3.8) is 0 Å². The largest absolute Gasteiger partial charge is 0.307 e. The Labute approximate surface area is 114 Å². The van der Waals surface area contributed by atoms with Crippen molar-refractivity contribution in [2.45, 2.75) is 32.4 Å². The molecular weight excluding hydrogens is 237 g/mol. The van der Waals surface area contributed by atoms with Crippen LogP contribution in [-0.4, -0.2) is 6.04 Å². The van der Waals surface area contributed by atoms with Crippen molar-refractivity contribution < 1.29 is 4.39 Å². The van der Waals surface area contributed by atoms with Crippen molar-refractivity contribution in [1.82, 2.24) is 5.32 Å². The summed E-state index contributed by atoms with van der Waals surface area (Å²) in [4.78, 5) is 0. The Balaban J connectivity index is 1.96. The summed E-state index contributed by atoms with van der Waals surface area (Å²) in [6.07, 6.45) is 0.944. The van der Waals surface area contributed by atoms with Crippen molar-refractivity contribution in [1.29, 1.82) is 0 Å². The molecule has 0 saturated heterocycles. The molecule has 0 heterocycles. The zero-order valence-corrected chi connectivity index (χ0v) is 11.4. The van der Waals surface area contributed by atoms with Crippen molar-refractivity contribution in [2.75, 3.05) is 0 Å². The van der Waals surface area contributed by atoms with Gasteiger partial charge in [0.2, 0.25) is 0 Å². The summed E-state index contributed by atoms with van der Waals surface area (Å²) in [7, 11) is 0. The highest BCUT2D eigenvalue weighted by Gasteiger charge is 2.12. The van der Waals surface area contributed by atoms with Crippen LogP contribution in [0, 0.1) is 5.82 Å². The second-order valence-corrected chi connectivity index (χ2v) is 5.00. The Morgan fingerprint density at radius 1 is 0.947 bits per heavy atom. The second-order valence-electron chi connectivity index (χ2n) is 5.00. The smallest absolute Gasteiger partial charge is 0.127 e. The lowest BCUT2D eigenvalue weighted by Gasteiger charge is -2.21. The molecule has 0 amide bonds. The Morgan fingerprint density at radius 2 is 1.58 bits per heavy atom. The highest BCUT2D eigenvalue weighted by atomic mass is 19.1. The molecule has 2 unspecified atom stereocenters. The molecule has 0 aliphatic heterocycles. The van der Waals surface area contributed by atoms with E-state index in [4.69, 9.17) is 0 Å². The van der Waals surface area contributed by atoms with E-state index in [-0.39, 0.29) is 11.9 Å². The Bertz CT molecular complexity index is 510. The molecule has 1 N–H and O–H groups in total. The molecule has 2 atom stereocenters. The summed E-state index contributed by atoms with van der Waals surface area (Å²) < 4.78 is 13.7. The highest BCUT2D eigenvalue weighted by molar-refractivity contribution is 5.21. The Kier molecular flexibility index (Phi) is 4.69. The van der Waals surface area contributed by atoms with Crippen LogP contribution in [0.2, 0.25) is 0 Å². The van der Waals surface area contributed by atoms with E-state index in [2.05, 4.69) is 24.4 Å². The van der Waals surface area contributed by atoms with Crippen LogP contribution in [0.3, 0.4) is 0 Å². The van der Waals surface area contributed by atoms with Crippen molar-refractivity contribution in [2.24, 2.45) is 0 Å². The predicted molar refractivity (Wildman–Crippen MR) is 77.6 cm³/mol. The molecule has 2 aromatic rings. The minimum Gasteiger partial charge on any atom is -0.307 e. The third-order valence-electron chi connectivity index (χ3n) is 3.29. The monoisotopic (exact) mass is 257 g/mol. The molecule has 0 aromatic heterocycles. The van der Waals surface area contributed by atoms with Crippen LogP contribution in [0.15, 0.2) is 54.6 Å². The van der Waals surface area contributed by atoms with E-state index in [9.17, 15) is 4.39 Å². The fraction of sp³-hybridized carbons (Fsp3) is 0.294. The van der Waals surface area contributed by atoms with Crippen LogP contribution in [0.5, 0.6) is 0 Å². The van der Waals surface area contributed by atoms with Crippen LogP contribution in [-0.2, 0) is 6.42 Å². The van der Waals surface area contributed by atoms with Crippen LogP contribution >= 0.6 is 0 Å². The molecule has 2 rings (SSSR count). The minimum absolute atomic E-state index is 0.0138. The van der Waals surface area contributed by atoms with Crippen molar-refractivity contribution >= 4 is 0 Å². The average molecular weight is 257 g/mol. The topological polar surface area (TPSA) is 12.0 Å². The summed E-state index contributed by atoms with van der Waals surface area (Å²) in [6.45, 7) is 4.13. The lowest BCUT2D eigenvalue weighted by atomic mass is 10.0. The first-order valence-electron chi connectivity index (χ1n) is 6.71. The molecule has 2 aromatic carbocycles. The Morgan fingerprint density at radius 3 is 2.26 bits per heavy atom. The highest BCUT2D eigenvalue weighted by Crippen LogP contribution is 2.17. The number of benzene rings is 2. The molecule has 0 fully saturated rings. The third-order valence-corrected chi connectivity index (χ3v) is 3.29. The molecule has 0 radical (unpaired) electrons. The van der Waals surface area contributed by atoms with E-state index < -0.39 is 0 Å². The van der Waals surface area contributed by atoms with Gasteiger partial charge >= 0.3 is 0 Å². The molecule has 0 bridgehead atoms. The number of hydrogen-bond donors (Lipinski definition) is 1. The lowest BCUT2D eigenvalue weighted by molar-refractivity contribution is 0.460. The van der Waals surface area contributed by atoms with Gasteiger partial charge in [-0.2, -0.15) is 0 Å². The molecule has 0 spiro atoms. The Hall–Kier alpha value is -1.67. The van der Waals surface area contributed by atoms with E-state index in [1.54, 1.807) is 6.07 Å². The minimum atomic E-state index is -0.144. The third kappa shape index (κ3) is 3.90. The summed E-state index contributed by atoms with van der Waals surface area (Å²) in [5.74, 6) is -0.144. The fourth-order valence-electron chi connectivity index (χ4n) is 2.37. The average Bonchev–Trinajstić information content (AvgIpc) is 2.40. The molecular formula is C17H20FN. The van der Waals surface area contributed by atoms with Gasteiger partial charge in [-0.05, 0) is 31.9 Å². The fourth-order valence-corrected chi connectivity index (χ4v) is 2.37. The van der Waals surface area contributed by atoms with E-state index in [1.807, 2.05) is 37.3 Å². The first-order chi connectivity index (χ1) is 9.16. The summed E-state index contributed by atoms with van der Waals surface area (Å²) in [6, 6.07) is 17.6. The van der Waals surface area contributed by atoms with Gasteiger partial charge < -0.3 is 5.32 Å². The summed E-state index contributed by atoms with van der Waals surface area (Å²) in [5.41, 5.74) is 2.02. The van der Waals surface area contributed by atoms with E-state index in [0.717, 1.165) is 12.0 Å². The van der Waals surface area contributed by atoms with Crippen molar-refractivity contribution in [3.05, 3.63) is 71.5 Å². The normalized spacial score (nSPS) is 14.1. The number of nitrogens with one attached hydrogen (secondary N) is 1. The van der Waals surface area contributed by atoms with Gasteiger partial charge in [0.05, 0.1) is 0 Å². The predicted octanol–water partition coefficient (Wildman–Crippen LogP) is 4.11. The molecule has 0 aliphatic carbocycles. The summed E-state index contributed by atoms with van der Waals surface area (Å²) >= 11 is 0. The van der Waals surface area contributed by atoms with Gasteiger partial charge in [-0.3, -0.25) is 0 Å². The molecule has 100 valence electrons. The number of halogens is 1. The quantitative estimate of drug-likeness (QED) is 0.850. The second kappa shape index (κ2) is 6.48. The molecule has 0 saturated carbocycles. The van der Waals surface area contributed by atoms with Crippen LogP contribution in [0.1, 0.15) is 31.0 Å². The van der Waals surface area contributed by atoms with E-state index >= 15 is 0 Å².